The summed E-state index contributed by atoms with van der Waals surface area (Å²) in [5.74, 6) is 2.63. The zero-order valence-corrected chi connectivity index (χ0v) is 12.1. The topological polar surface area (TPSA) is 56.8 Å². The second-order valence-electron chi connectivity index (χ2n) is 6.02. The number of hydrogen-bond donors (Lipinski definition) is 0. The number of rotatable bonds is 2. The van der Waals surface area contributed by atoms with Crippen molar-refractivity contribution < 1.29 is 4.74 Å². The molecule has 3 unspecified atom stereocenters. The first-order chi connectivity index (χ1) is 10.1. The second kappa shape index (κ2) is 4.79. The minimum Gasteiger partial charge on any atom is -0.461 e. The molecule has 0 spiro atoms. The lowest BCUT2D eigenvalue weighted by molar-refractivity contribution is 0.0216. The van der Waals surface area contributed by atoms with Crippen molar-refractivity contribution in [3.8, 4) is 17.9 Å². The van der Waals surface area contributed by atoms with Gasteiger partial charge in [-0.3, -0.25) is 0 Å². The fourth-order valence-corrected chi connectivity index (χ4v) is 3.23. The van der Waals surface area contributed by atoms with Crippen molar-refractivity contribution in [2.45, 2.75) is 20.3 Å². The molecule has 0 bridgehead atoms. The largest absolute Gasteiger partial charge is 0.461 e. The summed E-state index contributed by atoms with van der Waals surface area (Å²) in [4.78, 5) is 0. The van der Waals surface area contributed by atoms with Gasteiger partial charge in [0.2, 0.25) is 0 Å². The smallest absolute Gasteiger partial charge is 0.128 e. The molecule has 3 heteroatoms. The molecule has 21 heavy (non-hydrogen) atoms. The third kappa shape index (κ3) is 2.03. The quantitative estimate of drug-likeness (QED) is 0.822. The molecule has 0 aromatic heterocycles. The van der Waals surface area contributed by atoms with Gasteiger partial charge in [0.15, 0.2) is 0 Å². The number of hydrogen-bond acceptors (Lipinski definition) is 3. The Morgan fingerprint density at radius 2 is 2.00 bits per heavy atom. The van der Waals surface area contributed by atoms with Crippen molar-refractivity contribution >= 4 is 0 Å². The van der Waals surface area contributed by atoms with Gasteiger partial charge in [0.1, 0.15) is 23.6 Å². The van der Waals surface area contributed by atoms with Gasteiger partial charge in [0.25, 0.3) is 0 Å². The molecule has 104 valence electrons. The highest BCUT2D eigenvalue weighted by Crippen LogP contribution is 2.57. The van der Waals surface area contributed by atoms with Crippen LogP contribution in [0.4, 0.5) is 0 Å². The molecule has 0 radical (unpaired) electrons. The van der Waals surface area contributed by atoms with E-state index in [4.69, 9.17) is 15.3 Å². The summed E-state index contributed by atoms with van der Waals surface area (Å²) in [5, 5.41) is 18.0. The Bertz CT molecular complexity index is 733. The van der Waals surface area contributed by atoms with Crippen LogP contribution in [-0.4, -0.2) is 0 Å². The number of benzene rings is 1. The van der Waals surface area contributed by atoms with Gasteiger partial charge in [0, 0.05) is 5.92 Å². The van der Waals surface area contributed by atoms with Gasteiger partial charge in [-0.2, -0.15) is 10.5 Å². The van der Waals surface area contributed by atoms with Crippen molar-refractivity contribution in [2.24, 2.45) is 17.3 Å². The summed E-state index contributed by atoms with van der Waals surface area (Å²) in [6, 6.07) is 9.07. The van der Waals surface area contributed by atoms with E-state index in [2.05, 4.69) is 26.0 Å². The highest BCUT2D eigenvalue weighted by Gasteiger charge is 2.50. The molecule has 3 rings (SSSR count). The average molecular weight is 276 g/mol. The average Bonchev–Trinajstić information content (AvgIpc) is 2.50. The van der Waals surface area contributed by atoms with Crippen molar-refractivity contribution in [1.29, 1.82) is 10.5 Å². The molecule has 0 saturated heterocycles. The molecule has 1 fully saturated rings. The van der Waals surface area contributed by atoms with Gasteiger partial charge >= 0.3 is 0 Å². The van der Waals surface area contributed by atoms with Crippen molar-refractivity contribution in [3.63, 3.8) is 0 Å². The summed E-state index contributed by atoms with van der Waals surface area (Å²) < 4.78 is 5.99. The van der Waals surface area contributed by atoms with Gasteiger partial charge in [-0.1, -0.05) is 26.0 Å². The fourth-order valence-electron chi connectivity index (χ4n) is 3.23. The van der Waals surface area contributed by atoms with Crippen LogP contribution in [-0.2, 0) is 0 Å². The van der Waals surface area contributed by atoms with E-state index >= 15 is 0 Å². The van der Waals surface area contributed by atoms with E-state index in [1.165, 1.54) is 0 Å². The molecule has 0 heterocycles. The number of fused-ring (bicyclic) bond motifs is 1. The van der Waals surface area contributed by atoms with Crippen molar-refractivity contribution in [3.05, 3.63) is 53.3 Å². The van der Waals surface area contributed by atoms with E-state index in [1.54, 1.807) is 18.2 Å². The van der Waals surface area contributed by atoms with Crippen LogP contribution < -0.4 is 4.74 Å². The zero-order chi connectivity index (χ0) is 15.0. The van der Waals surface area contributed by atoms with Gasteiger partial charge in [-0.15, -0.1) is 0 Å². The summed E-state index contributed by atoms with van der Waals surface area (Å²) in [6.07, 6.45) is 7.44. The first-order valence-corrected chi connectivity index (χ1v) is 7.10. The van der Waals surface area contributed by atoms with E-state index in [0.717, 1.165) is 12.2 Å². The van der Waals surface area contributed by atoms with Crippen LogP contribution in [0.2, 0.25) is 0 Å². The highest BCUT2D eigenvalue weighted by atomic mass is 16.5. The lowest BCUT2D eigenvalue weighted by atomic mass is 9.52. The summed E-state index contributed by atoms with van der Waals surface area (Å²) in [7, 11) is 0. The van der Waals surface area contributed by atoms with E-state index < -0.39 is 0 Å². The number of ether oxygens (including phenoxy) is 1. The molecule has 2 aliphatic carbocycles. The molecule has 1 aromatic carbocycles. The van der Waals surface area contributed by atoms with Crippen LogP contribution in [0.5, 0.6) is 5.75 Å². The van der Waals surface area contributed by atoms with Crippen molar-refractivity contribution in [1.82, 2.24) is 0 Å². The molecule has 1 aromatic rings. The standard InChI is InChI=1S/C18H16N2O/c1-12-8-16-17(4-3-7-18(12,16)2)21-15-6-5-13(10-19)14(9-15)11-20/h3-7,9,12,16H,8H2,1-2H3. The molecule has 2 aliphatic rings. The lowest BCUT2D eigenvalue weighted by Crippen LogP contribution is -2.47. The Labute approximate surface area is 124 Å². The van der Waals surface area contributed by atoms with Crippen LogP contribution >= 0.6 is 0 Å². The van der Waals surface area contributed by atoms with Gasteiger partial charge in [-0.05, 0) is 42.0 Å². The SMILES string of the molecule is CC1CC2C(Oc3ccc(C#N)c(C#N)c3)=CC=CC12C. The maximum atomic E-state index is 9.08. The Balaban J connectivity index is 1.86. The Morgan fingerprint density at radius 3 is 2.67 bits per heavy atom. The molecule has 0 N–H and O–H groups in total. The van der Waals surface area contributed by atoms with Gasteiger partial charge < -0.3 is 4.74 Å². The number of nitrogens with zero attached hydrogens (tertiary/aromatic N) is 2. The lowest BCUT2D eigenvalue weighted by Gasteiger charge is -2.53. The fraction of sp³-hybridized carbons (Fsp3) is 0.333. The summed E-state index contributed by atoms with van der Waals surface area (Å²) in [5.41, 5.74) is 0.908. The number of nitriles is 2. The predicted molar refractivity (Wildman–Crippen MR) is 79.1 cm³/mol. The van der Waals surface area contributed by atoms with Crippen LogP contribution in [0.3, 0.4) is 0 Å². The minimum atomic E-state index is 0.175. The minimum absolute atomic E-state index is 0.175. The summed E-state index contributed by atoms with van der Waals surface area (Å²) >= 11 is 0. The monoisotopic (exact) mass is 276 g/mol. The van der Waals surface area contributed by atoms with Gasteiger partial charge in [-0.25, -0.2) is 0 Å². The van der Waals surface area contributed by atoms with E-state index in [9.17, 15) is 0 Å². The Hall–Kier alpha value is -2.52. The Kier molecular flexibility index (Phi) is 3.07. The molecular weight excluding hydrogens is 260 g/mol. The van der Waals surface area contributed by atoms with Crippen LogP contribution in [0, 0.1) is 39.9 Å². The maximum absolute atomic E-state index is 9.08. The molecular formula is C18H16N2O. The predicted octanol–water partition coefficient (Wildman–Crippen LogP) is 3.92. The van der Waals surface area contributed by atoms with Crippen LogP contribution in [0.15, 0.2) is 42.2 Å². The van der Waals surface area contributed by atoms with E-state index in [0.29, 0.717) is 28.7 Å². The normalized spacial score (nSPS) is 29.4. The first-order valence-electron chi connectivity index (χ1n) is 7.10. The molecule has 1 saturated carbocycles. The third-order valence-corrected chi connectivity index (χ3v) is 4.93. The summed E-state index contributed by atoms with van der Waals surface area (Å²) in [6.45, 7) is 4.53. The van der Waals surface area contributed by atoms with Crippen molar-refractivity contribution in [2.75, 3.05) is 0 Å². The van der Waals surface area contributed by atoms with E-state index in [1.807, 2.05) is 18.2 Å². The molecule has 0 aliphatic heterocycles. The highest BCUT2D eigenvalue weighted by molar-refractivity contribution is 5.49. The molecule has 3 nitrogen and oxygen atoms in total. The molecule has 3 atom stereocenters. The molecule has 0 amide bonds. The maximum Gasteiger partial charge on any atom is 0.128 e. The van der Waals surface area contributed by atoms with E-state index in [-0.39, 0.29) is 5.41 Å². The second-order valence-corrected chi connectivity index (χ2v) is 6.02. The van der Waals surface area contributed by atoms with Gasteiger partial charge in [0.05, 0.1) is 11.1 Å². The number of allylic oxidation sites excluding steroid dienone is 4. The van der Waals surface area contributed by atoms with Crippen LogP contribution in [0.25, 0.3) is 0 Å². The first kappa shape index (κ1) is 13.5. The Morgan fingerprint density at radius 1 is 1.24 bits per heavy atom. The zero-order valence-electron chi connectivity index (χ0n) is 12.1. The third-order valence-electron chi connectivity index (χ3n) is 4.93. The van der Waals surface area contributed by atoms with Crippen LogP contribution in [0.1, 0.15) is 31.4 Å².